The van der Waals surface area contributed by atoms with Gasteiger partial charge in [-0.2, -0.15) is 4.98 Å². The Morgan fingerprint density at radius 3 is 2.68 bits per heavy atom. The molecule has 4 aromatic rings. The molecule has 142 valence electrons. The average molecular weight is 398 g/mol. The van der Waals surface area contributed by atoms with Gasteiger partial charge in [-0.3, -0.25) is 4.79 Å². The fourth-order valence-corrected chi connectivity index (χ4v) is 3.77. The second-order valence-electron chi connectivity index (χ2n) is 6.33. The molecule has 28 heavy (non-hydrogen) atoms. The number of aromatic nitrogens is 3. The summed E-state index contributed by atoms with van der Waals surface area (Å²) in [5.74, 6) is -1.90. The predicted molar refractivity (Wildman–Crippen MR) is 103 cm³/mol. The van der Waals surface area contributed by atoms with Gasteiger partial charge >= 0.3 is 0 Å². The maximum absolute atomic E-state index is 13.7. The van der Waals surface area contributed by atoms with Gasteiger partial charge in [0.15, 0.2) is 5.82 Å². The van der Waals surface area contributed by atoms with Crippen molar-refractivity contribution in [2.75, 3.05) is 6.54 Å². The Morgan fingerprint density at radius 1 is 1.18 bits per heavy atom. The number of benzene rings is 2. The largest absolute Gasteiger partial charge is 0.351 e. The quantitative estimate of drug-likeness (QED) is 0.552. The van der Waals surface area contributed by atoms with Crippen LogP contribution in [0.2, 0.25) is 0 Å². The molecule has 0 aliphatic carbocycles. The number of nitrogens with one attached hydrogen (secondary N) is 1. The number of thiazole rings is 1. The first kappa shape index (κ1) is 18.2. The number of aryl methyl sites for hydroxylation is 1. The average Bonchev–Trinajstić information content (AvgIpc) is 3.23. The van der Waals surface area contributed by atoms with Crippen molar-refractivity contribution in [3.05, 3.63) is 76.3 Å². The topological polar surface area (TPSA) is 59.3 Å². The lowest BCUT2D eigenvalue weighted by Gasteiger charge is -2.06. The van der Waals surface area contributed by atoms with Crippen LogP contribution < -0.4 is 5.32 Å². The Balaban J connectivity index is 1.47. The molecule has 1 N–H and O–H groups in total. The van der Waals surface area contributed by atoms with E-state index in [0.29, 0.717) is 12.2 Å². The molecule has 0 aliphatic rings. The van der Waals surface area contributed by atoms with Crippen LogP contribution in [0.5, 0.6) is 0 Å². The molecular formula is C20H16F2N4OS. The van der Waals surface area contributed by atoms with Gasteiger partial charge in [0, 0.05) is 23.9 Å². The standard InChI is InChI=1S/C20H16F2N4OS/c1-12-4-2-5-13(10-12)18-24-20-26(25-18)14(11-28-20)8-9-23-19(27)17-15(21)6-3-7-16(17)22/h2-7,10-11H,8-9H2,1H3,(H,23,27). The van der Waals surface area contributed by atoms with E-state index >= 15 is 0 Å². The first-order valence-corrected chi connectivity index (χ1v) is 9.53. The van der Waals surface area contributed by atoms with E-state index in [4.69, 9.17) is 0 Å². The fourth-order valence-electron chi connectivity index (χ4n) is 2.91. The van der Waals surface area contributed by atoms with Crippen LogP contribution in [0.25, 0.3) is 16.3 Å². The van der Waals surface area contributed by atoms with E-state index in [1.54, 1.807) is 4.52 Å². The van der Waals surface area contributed by atoms with E-state index in [9.17, 15) is 13.6 Å². The number of hydrogen-bond donors (Lipinski definition) is 1. The molecule has 5 nitrogen and oxygen atoms in total. The highest BCUT2D eigenvalue weighted by Crippen LogP contribution is 2.21. The van der Waals surface area contributed by atoms with E-state index in [0.717, 1.165) is 33.9 Å². The molecule has 0 bridgehead atoms. The highest BCUT2D eigenvalue weighted by atomic mass is 32.1. The van der Waals surface area contributed by atoms with Crippen molar-refractivity contribution >= 4 is 22.2 Å². The Hall–Kier alpha value is -3.13. The molecule has 2 heterocycles. The summed E-state index contributed by atoms with van der Waals surface area (Å²) >= 11 is 1.45. The molecule has 0 aliphatic heterocycles. The van der Waals surface area contributed by atoms with Gasteiger partial charge in [0.05, 0.1) is 5.69 Å². The molecule has 0 saturated carbocycles. The predicted octanol–water partition coefficient (Wildman–Crippen LogP) is 4.02. The second-order valence-corrected chi connectivity index (χ2v) is 7.17. The summed E-state index contributed by atoms with van der Waals surface area (Å²) < 4.78 is 29.1. The first-order chi connectivity index (χ1) is 13.5. The van der Waals surface area contributed by atoms with Gasteiger partial charge in [0.25, 0.3) is 5.91 Å². The van der Waals surface area contributed by atoms with Gasteiger partial charge in [-0.25, -0.2) is 13.3 Å². The molecular weight excluding hydrogens is 382 g/mol. The number of amides is 1. The summed E-state index contributed by atoms with van der Waals surface area (Å²) in [6.07, 6.45) is 0.457. The van der Waals surface area contributed by atoms with Crippen LogP contribution in [-0.4, -0.2) is 27.0 Å². The van der Waals surface area contributed by atoms with Gasteiger partial charge in [-0.05, 0) is 25.1 Å². The SMILES string of the molecule is Cc1cccc(-c2nc3scc(CCNC(=O)c4c(F)cccc4F)n3n2)c1. The van der Waals surface area contributed by atoms with E-state index in [2.05, 4.69) is 15.4 Å². The van der Waals surface area contributed by atoms with Crippen molar-refractivity contribution in [3.63, 3.8) is 0 Å². The van der Waals surface area contributed by atoms with Crippen molar-refractivity contribution in [2.24, 2.45) is 0 Å². The Kier molecular flexibility index (Phi) is 4.87. The molecule has 1 amide bonds. The van der Waals surface area contributed by atoms with Crippen molar-refractivity contribution < 1.29 is 13.6 Å². The third-order valence-electron chi connectivity index (χ3n) is 4.28. The van der Waals surface area contributed by atoms with Crippen LogP contribution in [0, 0.1) is 18.6 Å². The number of rotatable bonds is 5. The van der Waals surface area contributed by atoms with Crippen LogP contribution in [0.3, 0.4) is 0 Å². The Bertz CT molecular complexity index is 1150. The lowest BCUT2D eigenvalue weighted by Crippen LogP contribution is -2.27. The fraction of sp³-hybridized carbons (Fsp3) is 0.150. The maximum atomic E-state index is 13.7. The summed E-state index contributed by atoms with van der Waals surface area (Å²) in [6.45, 7) is 2.23. The lowest BCUT2D eigenvalue weighted by atomic mass is 10.1. The Morgan fingerprint density at radius 2 is 1.93 bits per heavy atom. The van der Waals surface area contributed by atoms with Crippen LogP contribution in [0.15, 0.2) is 47.8 Å². The zero-order valence-corrected chi connectivity index (χ0v) is 15.8. The minimum absolute atomic E-state index is 0.220. The van der Waals surface area contributed by atoms with Crippen molar-refractivity contribution in [3.8, 4) is 11.4 Å². The number of halogens is 2. The van der Waals surface area contributed by atoms with Crippen LogP contribution in [0.4, 0.5) is 8.78 Å². The zero-order valence-electron chi connectivity index (χ0n) is 14.9. The Labute approximate surface area is 163 Å². The lowest BCUT2D eigenvalue weighted by molar-refractivity contribution is 0.0945. The van der Waals surface area contributed by atoms with Crippen molar-refractivity contribution in [2.45, 2.75) is 13.3 Å². The number of carbonyl (C=O) groups excluding carboxylic acids is 1. The monoisotopic (exact) mass is 398 g/mol. The first-order valence-electron chi connectivity index (χ1n) is 8.65. The molecule has 0 fully saturated rings. The zero-order chi connectivity index (χ0) is 19.7. The van der Waals surface area contributed by atoms with E-state index < -0.39 is 23.1 Å². The molecule has 0 atom stereocenters. The van der Waals surface area contributed by atoms with E-state index in [1.807, 2.05) is 36.6 Å². The molecule has 2 aromatic carbocycles. The van der Waals surface area contributed by atoms with E-state index in [-0.39, 0.29) is 6.54 Å². The second kappa shape index (κ2) is 7.47. The molecule has 4 rings (SSSR count). The molecule has 0 saturated heterocycles. The number of carbonyl (C=O) groups is 1. The smallest absolute Gasteiger partial charge is 0.257 e. The minimum atomic E-state index is -0.880. The van der Waals surface area contributed by atoms with Crippen molar-refractivity contribution in [1.29, 1.82) is 0 Å². The third kappa shape index (κ3) is 3.50. The van der Waals surface area contributed by atoms with Crippen LogP contribution in [-0.2, 0) is 6.42 Å². The summed E-state index contributed by atoms with van der Waals surface area (Å²) in [7, 11) is 0. The van der Waals surface area contributed by atoms with Crippen LogP contribution >= 0.6 is 11.3 Å². The summed E-state index contributed by atoms with van der Waals surface area (Å²) in [5, 5.41) is 9.01. The van der Waals surface area contributed by atoms with Crippen LogP contribution in [0.1, 0.15) is 21.6 Å². The highest BCUT2D eigenvalue weighted by Gasteiger charge is 2.17. The maximum Gasteiger partial charge on any atom is 0.257 e. The molecule has 0 spiro atoms. The van der Waals surface area contributed by atoms with Gasteiger partial charge in [0.1, 0.15) is 17.2 Å². The highest BCUT2D eigenvalue weighted by molar-refractivity contribution is 7.15. The number of nitrogens with zero attached hydrogens (tertiary/aromatic N) is 3. The van der Waals surface area contributed by atoms with E-state index in [1.165, 1.54) is 17.4 Å². The minimum Gasteiger partial charge on any atom is -0.351 e. The van der Waals surface area contributed by atoms with Gasteiger partial charge in [-0.1, -0.05) is 29.8 Å². The number of fused-ring (bicyclic) bond motifs is 1. The third-order valence-corrected chi connectivity index (χ3v) is 5.15. The molecule has 0 radical (unpaired) electrons. The van der Waals surface area contributed by atoms with Gasteiger partial charge in [0.2, 0.25) is 4.96 Å². The summed E-state index contributed by atoms with van der Waals surface area (Å²) in [4.78, 5) is 17.4. The van der Waals surface area contributed by atoms with Gasteiger partial charge in [-0.15, -0.1) is 16.4 Å². The van der Waals surface area contributed by atoms with Crippen molar-refractivity contribution in [1.82, 2.24) is 19.9 Å². The number of hydrogen-bond acceptors (Lipinski definition) is 4. The van der Waals surface area contributed by atoms with Gasteiger partial charge < -0.3 is 5.32 Å². The molecule has 2 aromatic heterocycles. The summed E-state index contributed by atoms with van der Waals surface area (Å²) in [6, 6.07) is 11.3. The summed E-state index contributed by atoms with van der Waals surface area (Å²) in [5.41, 5.74) is 2.35. The normalized spacial score (nSPS) is 11.1. The molecule has 8 heteroatoms. The molecule has 0 unspecified atom stereocenters.